The maximum absolute atomic E-state index is 11.7. The first-order chi connectivity index (χ1) is 57.9. The van der Waals surface area contributed by atoms with Crippen LogP contribution in [0.1, 0.15) is 316 Å². The summed E-state index contributed by atoms with van der Waals surface area (Å²) in [5.74, 6) is 14.4. The molecule has 15 heterocycles. The van der Waals surface area contributed by atoms with Gasteiger partial charge in [-0.05, 0) is 318 Å². The Kier molecular flexibility index (Phi) is 39.1. The smallest absolute Gasteiger partial charge is 0.187 e. The molecule has 21 nitrogen and oxygen atoms in total. The molecule has 0 radical (unpaired) electrons. The third kappa shape index (κ3) is 29.6. The van der Waals surface area contributed by atoms with Gasteiger partial charge in [-0.1, -0.05) is 109 Å². The highest BCUT2D eigenvalue weighted by atomic mass is 16.5. The van der Waals surface area contributed by atoms with Crippen LogP contribution < -0.4 is 63.8 Å². The summed E-state index contributed by atoms with van der Waals surface area (Å²) in [7, 11) is 3.65. The highest BCUT2D eigenvalue weighted by molar-refractivity contribution is 5.59. The maximum atomic E-state index is 11.7. The Bertz CT molecular complexity index is 4800. The molecule has 0 saturated heterocycles. The van der Waals surface area contributed by atoms with Crippen LogP contribution in [0.25, 0.3) is 0 Å². The first kappa shape index (κ1) is 99.1. The Morgan fingerprint density at radius 2 is 0.877 bits per heavy atom. The van der Waals surface area contributed by atoms with Gasteiger partial charge in [0, 0.05) is 127 Å². The molecule has 9 aromatic rings. The maximum Gasteiger partial charge on any atom is 0.187 e. The third-order valence-electron chi connectivity index (χ3n) is 23.1. The number of methoxy groups -OCH3 is 1. The number of pyridine rings is 9. The molecular weight excluding hydrogens is 1510 g/mol. The molecule has 12 N–H and O–H groups in total. The Hall–Kier alpha value is -10.1. The van der Waals surface area contributed by atoms with Gasteiger partial charge in [-0.15, -0.1) is 0 Å². The standard InChI is InChI=1S/C12H19N3.C12H18N2O.C12H18N2.C11H16N2O.2C11H16N2.2C11H18N2.C10H16N2/c1-8(2)14-11-7-9(3)10-5-4-6-13-12(10)15-11;1-8(2)10-7-11(15-3)9-5-4-6-13-12(9)14-10;1-8(2)11-7-9(3)10-5-4-6-13-12(10)14-11;1-7(2)9-6-10(14)8-4-3-5-12-11(8)13-9;2*1-8(2)10-6-5-9-4-3-7-12-11(9)13-10;1-7(2)10-6-8(3)9(4)11(12-5)13-10;1-7(2)12-11-6-8(3)9(4)10(5)13-11;1-6(2)9-5-7(3)8(4)10(11)12-9/h7-8H,4-6H2,1-3H3,(H2,13,14,15);7-8H,4-6H2,1-3H3,(H,13,14);7-8H,4-6H2,1-3H3,(H,13,14);6-7H,3-5H2,1-2H3,(H2,12,13,14);5-6,8H,3-4,7H2,1-2H3,(H,12,13);3-4,7-8,10H,5-6H2,1-2H3,(H,12,13);2*6-7H,1-5H3,(H,12,13);5-6H,1-4H3,(H2,11,12). The molecule has 1 atom stereocenters. The molecule has 0 aliphatic carbocycles. The van der Waals surface area contributed by atoms with E-state index >= 15 is 0 Å². The van der Waals surface area contributed by atoms with E-state index in [1.807, 2.05) is 33.2 Å². The number of fused-ring (bicyclic) bond motifs is 6. The van der Waals surface area contributed by atoms with Crippen LogP contribution in [-0.2, 0) is 38.5 Å². The number of nitrogens with two attached hydrogens (primary N) is 1. The van der Waals surface area contributed by atoms with Crippen molar-refractivity contribution in [3.05, 3.63) is 201 Å². The SMILES string of the molecule is CC(C)C1CCc2cccnc2N1.CC(C)c1cc(=O)c2c([nH]1)NCCC2.CC(C)c1ccc2c(n1)NCCC2.CNc1nc(C(C)C)cc(C)c1C.COc1cc(C(C)C)nc2c1CCCN2.Cc1cc(C(C)C)nc(N)c1C.Cc1cc(C(C)C)nc2c1CCCN2.Cc1cc(NC(C)C)nc(C)c1C.Cc1cc(NC(C)C)nc2c1CCCN2. The number of ether oxygens (including phenoxy) is 1. The predicted molar refractivity (Wildman–Crippen MR) is 521 cm³/mol. The molecule has 0 fully saturated rings. The van der Waals surface area contributed by atoms with Gasteiger partial charge in [-0.3, -0.25) is 4.79 Å². The van der Waals surface area contributed by atoms with E-state index in [0.29, 0.717) is 65.4 Å². The normalized spacial score (nSPS) is 14.3. The van der Waals surface area contributed by atoms with Crippen molar-refractivity contribution < 1.29 is 4.74 Å². The van der Waals surface area contributed by atoms with Crippen LogP contribution in [-0.4, -0.2) is 110 Å². The molecule has 21 heteroatoms. The summed E-state index contributed by atoms with van der Waals surface area (Å²) in [6, 6.07) is 24.5. The molecule has 15 rings (SSSR count). The number of nitrogens with one attached hydrogen (secondary N) is 10. The van der Waals surface area contributed by atoms with Gasteiger partial charge in [0.15, 0.2) is 5.43 Å². The molecule has 9 aromatic heterocycles. The number of aromatic amines is 1. The van der Waals surface area contributed by atoms with Gasteiger partial charge >= 0.3 is 0 Å². The molecule has 0 aromatic carbocycles. The quantitative estimate of drug-likeness (QED) is 0.0512. The summed E-state index contributed by atoms with van der Waals surface area (Å²) in [5, 5.41) is 29.9. The molecule has 0 spiro atoms. The minimum Gasteiger partial charge on any atom is -0.496 e. The second-order valence-corrected chi connectivity index (χ2v) is 36.3. The second-order valence-electron chi connectivity index (χ2n) is 36.3. The molecule has 122 heavy (non-hydrogen) atoms. The number of aryl methyl sites for hydroxylation is 8. The molecule has 0 saturated carbocycles. The molecule has 0 bridgehead atoms. The zero-order valence-electron chi connectivity index (χ0n) is 80.2. The molecule has 666 valence electrons. The van der Waals surface area contributed by atoms with Crippen LogP contribution in [0.5, 0.6) is 5.75 Å². The van der Waals surface area contributed by atoms with Crippen LogP contribution in [0.4, 0.5) is 58.2 Å². The van der Waals surface area contributed by atoms with Gasteiger partial charge in [0.2, 0.25) is 0 Å². The Balaban J connectivity index is 0.000000189. The number of nitrogens with zero attached hydrogens (tertiary/aromatic N) is 8. The van der Waals surface area contributed by atoms with E-state index in [9.17, 15) is 4.79 Å². The summed E-state index contributed by atoms with van der Waals surface area (Å²) in [6.45, 7) is 62.9. The van der Waals surface area contributed by atoms with Gasteiger partial charge in [-0.2, -0.15) is 0 Å². The minimum absolute atomic E-state index is 0.176. The van der Waals surface area contributed by atoms with Crippen molar-refractivity contribution in [2.24, 2.45) is 5.92 Å². The van der Waals surface area contributed by atoms with Crippen LogP contribution in [0.3, 0.4) is 0 Å². The monoisotopic (exact) mass is 1670 g/mol. The molecule has 6 aliphatic heterocycles. The lowest BCUT2D eigenvalue weighted by molar-refractivity contribution is 0.407. The highest BCUT2D eigenvalue weighted by Crippen LogP contribution is 2.34. The van der Waals surface area contributed by atoms with Crippen molar-refractivity contribution in [3.63, 3.8) is 0 Å². The molecule has 6 aliphatic rings. The average Bonchev–Trinajstić information content (AvgIpc) is 0.811. The van der Waals surface area contributed by atoms with Crippen molar-refractivity contribution in [1.29, 1.82) is 0 Å². The van der Waals surface area contributed by atoms with Crippen molar-refractivity contribution in [3.8, 4) is 5.75 Å². The largest absolute Gasteiger partial charge is 0.496 e. The summed E-state index contributed by atoms with van der Waals surface area (Å²) < 4.78 is 5.42. The van der Waals surface area contributed by atoms with Crippen molar-refractivity contribution in [2.45, 2.75) is 318 Å². The Morgan fingerprint density at radius 1 is 0.426 bits per heavy atom. The fraction of sp³-hybridized carbons (Fsp3) is 0.554. The first-order valence-corrected chi connectivity index (χ1v) is 45.5. The van der Waals surface area contributed by atoms with Crippen LogP contribution >= 0.6 is 0 Å². The average molecular weight is 1670 g/mol. The second kappa shape index (κ2) is 48.1. The lowest BCUT2D eigenvalue weighted by Gasteiger charge is -2.28. The van der Waals surface area contributed by atoms with E-state index in [0.717, 1.165) is 163 Å². The zero-order chi connectivity index (χ0) is 89.8. The molecule has 1 unspecified atom stereocenters. The van der Waals surface area contributed by atoms with Crippen LogP contribution in [0, 0.1) is 68.2 Å². The van der Waals surface area contributed by atoms with Gasteiger partial charge in [0.25, 0.3) is 0 Å². The van der Waals surface area contributed by atoms with E-state index in [1.54, 1.807) is 13.2 Å². The fourth-order valence-electron chi connectivity index (χ4n) is 14.8. The van der Waals surface area contributed by atoms with Crippen molar-refractivity contribution in [1.82, 2.24) is 44.9 Å². The number of nitrogen functional groups attached to an aromatic ring is 1. The molecule has 0 amide bonds. The highest BCUT2D eigenvalue weighted by Gasteiger charge is 2.23. The number of rotatable bonds is 13. The lowest BCUT2D eigenvalue weighted by atomic mass is 9.93. The summed E-state index contributed by atoms with van der Waals surface area (Å²) in [4.78, 5) is 51.2. The topological polar surface area (TPSA) is 280 Å². The minimum atomic E-state index is 0.176. The van der Waals surface area contributed by atoms with E-state index in [1.165, 1.54) is 123 Å². The zero-order valence-corrected chi connectivity index (χ0v) is 80.2. The summed E-state index contributed by atoms with van der Waals surface area (Å²) in [5.41, 5.74) is 31.7. The Morgan fingerprint density at radius 3 is 1.41 bits per heavy atom. The number of aromatic nitrogens is 9. The summed E-state index contributed by atoms with van der Waals surface area (Å²) >= 11 is 0. The van der Waals surface area contributed by atoms with Crippen LogP contribution in [0.2, 0.25) is 0 Å². The first-order valence-electron chi connectivity index (χ1n) is 45.5. The van der Waals surface area contributed by atoms with Gasteiger partial charge < -0.3 is 63.3 Å². The van der Waals surface area contributed by atoms with Crippen molar-refractivity contribution in [2.75, 3.05) is 100 Å². The van der Waals surface area contributed by atoms with Crippen LogP contribution in [0.15, 0.2) is 77.7 Å². The number of hydrogen-bond acceptors (Lipinski definition) is 20. The Labute approximate surface area is 734 Å². The van der Waals surface area contributed by atoms with E-state index in [2.05, 4.69) is 320 Å². The van der Waals surface area contributed by atoms with E-state index < -0.39 is 0 Å². The van der Waals surface area contributed by atoms with Gasteiger partial charge in [0.05, 0.1) is 7.11 Å². The predicted octanol–water partition coefficient (Wildman–Crippen LogP) is 23.0. The number of H-pyrrole nitrogens is 1. The van der Waals surface area contributed by atoms with E-state index in [-0.39, 0.29) is 5.43 Å². The lowest BCUT2D eigenvalue weighted by Crippen LogP contribution is -2.30. The number of hydrogen-bond donors (Lipinski definition) is 11. The van der Waals surface area contributed by atoms with Gasteiger partial charge in [0.1, 0.15) is 63.9 Å². The number of anilines is 10. The summed E-state index contributed by atoms with van der Waals surface area (Å²) in [6.07, 6.45) is 15.6. The fourth-order valence-corrected chi connectivity index (χ4v) is 14.8. The molecular formula is C101H155N19O2. The van der Waals surface area contributed by atoms with Crippen molar-refractivity contribution >= 4 is 58.2 Å². The third-order valence-corrected chi connectivity index (χ3v) is 23.1. The van der Waals surface area contributed by atoms with Gasteiger partial charge in [-0.25, -0.2) is 39.9 Å². The van der Waals surface area contributed by atoms with E-state index in [4.69, 9.17) is 10.5 Å².